The molecule has 6 nitrogen and oxygen atoms in total. The third-order valence-corrected chi connectivity index (χ3v) is 4.64. The molecule has 1 amide bonds. The van der Waals surface area contributed by atoms with Gasteiger partial charge >= 0.3 is 0 Å². The van der Waals surface area contributed by atoms with E-state index in [9.17, 15) is 9.59 Å². The summed E-state index contributed by atoms with van der Waals surface area (Å²) < 4.78 is 1.64. The van der Waals surface area contributed by atoms with Crippen molar-refractivity contribution in [2.24, 2.45) is 0 Å². The number of aromatic nitrogens is 3. The van der Waals surface area contributed by atoms with Crippen molar-refractivity contribution in [2.75, 3.05) is 5.32 Å². The molecule has 0 saturated heterocycles. The van der Waals surface area contributed by atoms with E-state index in [1.165, 1.54) is 11.3 Å². The van der Waals surface area contributed by atoms with Crippen LogP contribution in [0.15, 0.2) is 60.2 Å². The Hall–Kier alpha value is -3.32. The highest BCUT2D eigenvalue weighted by Crippen LogP contribution is 2.25. The van der Waals surface area contributed by atoms with Crippen LogP contribution < -0.4 is 5.32 Å². The van der Waals surface area contributed by atoms with Gasteiger partial charge in [0.1, 0.15) is 0 Å². The van der Waals surface area contributed by atoms with Gasteiger partial charge in [0.05, 0.1) is 22.3 Å². The molecule has 0 unspecified atom stereocenters. The molecule has 4 aromatic rings. The highest BCUT2D eigenvalue weighted by atomic mass is 32.1. The zero-order valence-corrected chi connectivity index (χ0v) is 13.7. The summed E-state index contributed by atoms with van der Waals surface area (Å²) in [6.07, 6.45) is 3.83. The van der Waals surface area contributed by atoms with E-state index < -0.39 is 0 Å². The Labute approximate surface area is 146 Å². The van der Waals surface area contributed by atoms with Gasteiger partial charge in [-0.3, -0.25) is 9.59 Å². The lowest BCUT2D eigenvalue weighted by Crippen LogP contribution is -2.01. The summed E-state index contributed by atoms with van der Waals surface area (Å²) in [5.41, 5.74) is 3.29. The first-order chi connectivity index (χ1) is 12.3. The third-order valence-electron chi connectivity index (χ3n) is 3.77. The van der Waals surface area contributed by atoms with Crippen molar-refractivity contribution in [2.45, 2.75) is 0 Å². The lowest BCUT2D eigenvalue weighted by atomic mass is 10.1. The first kappa shape index (κ1) is 15.2. The number of carbonyl (C=O) groups is 2. The molecule has 0 fully saturated rings. The van der Waals surface area contributed by atoms with E-state index in [4.69, 9.17) is 0 Å². The number of ketones is 1. The standard InChI is InChI=1S/C18H12N4O2S/c23-11-20-13-4-1-3-12(9-13)15-6-7-19-18-14(10-21-22(15)18)17(24)16-5-2-8-25-16/h1-11H,(H,20,23). The molecule has 0 aliphatic heterocycles. The van der Waals surface area contributed by atoms with Crippen molar-refractivity contribution >= 4 is 34.9 Å². The van der Waals surface area contributed by atoms with Gasteiger partial charge in [-0.1, -0.05) is 18.2 Å². The van der Waals surface area contributed by atoms with Gasteiger partial charge in [-0.2, -0.15) is 5.10 Å². The molecule has 0 radical (unpaired) electrons. The Morgan fingerprint density at radius 2 is 2.12 bits per heavy atom. The Morgan fingerprint density at radius 1 is 1.20 bits per heavy atom. The van der Waals surface area contributed by atoms with E-state index in [1.807, 2.05) is 35.7 Å². The molecule has 0 atom stereocenters. The zero-order chi connectivity index (χ0) is 17.2. The van der Waals surface area contributed by atoms with Crippen LogP contribution in [0.5, 0.6) is 0 Å². The molecule has 1 N–H and O–H groups in total. The van der Waals surface area contributed by atoms with E-state index >= 15 is 0 Å². The number of hydrogen-bond donors (Lipinski definition) is 1. The first-order valence-electron chi connectivity index (χ1n) is 7.49. The van der Waals surface area contributed by atoms with Gasteiger partial charge in [0, 0.05) is 17.4 Å². The molecular weight excluding hydrogens is 336 g/mol. The second-order valence-electron chi connectivity index (χ2n) is 5.27. The second-order valence-corrected chi connectivity index (χ2v) is 6.22. The Kier molecular flexibility index (Phi) is 3.83. The molecule has 25 heavy (non-hydrogen) atoms. The smallest absolute Gasteiger partial charge is 0.211 e. The van der Waals surface area contributed by atoms with Gasteiger partial charge < -0.3 is 5.32 Å². The molecule has 0 spiro atoms. The zero-order valence-electron chi connectivity index (χ0n) is 12.9. The lowest BCUT2D eigenvalue weighted by Gasteiger charge is -2.07. The summed E-state index contributed by atoms with van der Waals surface area (Å²) in [4.78, 5) is 28.3. The average Bonchev–Trinajstić information content (AvgIpc) is 3.31. The fraction of sp³-hybridized carbons (Fsp3) is 0. The average molecular weight is 348 g/mol. The predicted molar refractivity (Wildman–Crippen MR) is 95.9 cm³/mol. The maximum absolute atomic E-state index is 12.6. The van der Waals surface area contributed by atoms with Crippen molar-refractivity contribution in [1.82, 2.24) is 14.6 Å². The summed E-state index contributed by atoms with van der Waals surface area (Å²) in [7, 11) is 0. The van der Waals surface area contributed by atoms with Crippen molar-refractivity contribution in [3.05, 3.63) is 70.7 Å². The van der Waals surface area contributed by atoms with Crippen molar-refractivity contribution in [3.8, 4) is 11.3 Å². The van der Waals surface area contributed by atoms with Crippen LogP contribution in [-0.2, 0) is 4.79 Å². The summed E-state index contributed by atoms with van der Waals surface area (Å²) in [5.74, 6) is -0.0916. The van der Waals surface area contributed by atoms with Crippen LogP contribution in [0, 0.1) is 0 Å². The van der Waals surface area contributed by atoms with Crippen LogP contribution in [0.1, 0.15) is 15.2 Å². The number of nitrogens with zero attached hydrogens (tertiary/aromatic N) is 3. The number of rotatable bonds is 5. The minimum Gasteiger partial charge on any atom is -0.329 e. The van der Waals surface area contributed by atoms with Crippen LogP contribution in [0.2, 0.25) is 0 Å². The molecule has 4 rings (SSSR count). The molecule has 0 bridgehead atoms. The summed E-state index contributed by atoms with van der Waals surface area (Å²) in [5, 5.41) is 8.84. The molecule has 1 aromatic carbocycles. The van der Waals surface area contributed by atoms with Gasteiger partial charge in [0.2, 0.25) is 12.2 Å². The maximum Gasteiger partial charge on any atom is 0.211 e. The van der Waals surface area contributed by atoms with Gasteiger partial charge in [-0.25, -0.2) is 9.50 Å². The Balaban J connectivity index is 1.83. The normalized spacial score (nSPS) is 10.7. The van der Waals surface area contributed by atoms with Gasteiger partial charge in [-0.15, -0.1) is 11.3 Å². The van der Waals surface area contributed by atoms with E-state index in [2.05, 4.69) is 15.4 Å². The van der Waals surface area contributed by atoms with Gasteiger partial charge in [0.25, 0.3) is 0 Å². The van der Waals surface area contributed by atoms with Crippen LogP contribution in [0.4, 0.5) is 5.69 Å². The van der Waals surface area contributed by atoms with Crippen molar-refractivity contribution in [3.63, 3.8) is 0 Å². The monoisotopic (exact) mass is 348 g/mol. The molecule has 0 aliphatic carbocycles. The molecule has 7 heteroatoms. The fourth-order valence-electron chi connectivity index (χ4n) is 2.65. The molecule has 3 heterocycles. The number of amides is 1. The van der Waals surface area contributed by atoms with Gasteiger partial charge in [0.15, 0.2) is 5.65 Å². The second kappa shape index (κ2) is 6.29. The molecule has 0 aliphatic rings. The van der Waals surface area contributed by atoms with E-state index in [1.54, 1.807) is 29.0 Å². The SMILES string of the molecule is O=CNc1cccc(-c2ccnc3c(C(=O)c4cccs4)cnn23)c1. The quantitative estimate of drug-likeness (QED) is 0.444. The highest BCUT2D eigenvalue weighted by Gasteiger charge is 2.18. The van der Waals surface area contributed by atoms with E-state index in [-0.39, 0.29) is 5.78 Å². The number of fused-ring (bicyclic) bond motifs is 1. The topological polar surface area (TPSA) is 76.4 Å². The first-order valence-corrected chi connectivity index (χ1v) is 8.37. The van der Waals surface area contributed by atoms with Crippen LogP contribution in [-0.4, -0.2) is 26.8 Å². The Bertz CT molecular complexity index is 1070. The number of hydrogen-bond acceptors (Lipinski definition) is 5. The van der Waals surface area contributed by atoms with Crippen molar-refractivity contribution in [1.29, 1.82) is 0 Å². The third kappa shape index (κ3) is 2.70. The maximum atomic E-state index is 12.6. The minimum absolute atomic E-state index is 0.0916. The summed E-state index contributed by atoms with van der Waals surface area (Å²) >= 11 is 1.39. The number of nitrogens with one attached hydrogen (secondary N) is 1. The lowest BCUT2D eigenvalue weighted by molar-refractivity contribution is -0.105. The molecule has 3 aromatic heterocycles. The van der Waals surface area contributed by atoms with Gasteiger partial charge in [-0.05, 0) is 29.6 Å². The molecule has 122 valence electrons. The molecule has 0 saturated carbocycles. The summed E-state index contributed by atoms with van der Waals surface area (Å²) in [6, 6.07) is 12.8. The van der Waals surface area contributed by atoms with Crippen LogP contribution >= 0.6 is 11.3 Å². The van der Waals surface area contributed by atoms with Crippen LogP contribution in [0.25, 0.3) is 16.9 Å². The largest absolute Gasteiger partial charge is 0.329 e. The van der Waals surface area contributed by atoms with E-state index in [0.29, 0.717) is 28.2 Å². The molecular formula is C18H12N4O2S. The summed E-state index contributed by atoms with van der Waals surface area (Å²) in [6.45, 7) is 0. The fourth-order valence-corrected chi connectivity index (χ4v) is 3.32. The van der Waals surface area contributed by atoms with E-state index in [0.717, 1.165) is 11.3 Å². The predicted octanol–water partition coefficient (Wildman–Crippen LogP) is 3.26. The number of benzene rings is 1. The highest BCUT2D eigenvalue weighted by molar-refractivity contribution is 7.12. The Morgan fingerprint density at radius 3 is 2.92 bits per heavy atom. The van der Waals surface area contributed by atoms with Crippen LogP contribution in [0.3, 0.4) is 0 Å². The van der Waals surface area contributed by atoms with Crippen molar-refractivity contribution < 1.29 is 9.59 Å². The number of anilines is 1. The number of carbonyl (C=O) groups excluding carboxylic acids is 2. The minimum atomic E-state index is -0.0916. The number of thiophene rings is 1.